The third-order valence-corrected chi connectivity index (χ3v) is 5.74. The van der Waals surface area contributed by atoms with Crippen LogP contribution in [0.3, 0.4) is 0 Å². The number of nitrogens with one attached hydrogen (secondary N) is 1. The van der Waals surface area contributed by atoms with Crippen molar-refractivity contribution in [2.75, 3.05) is 5.32 Å². The van der Waals surface area contributed by atoms with Gasteiger partial charge < -0.3 is 9.84 Å². The highest BCUT2D eigenvalue weighted by atomic mass is 79.9. The zero-order chi connectivity index (χ0) is 19.4. The van der Waals surface area contributed by atoms with Crippen LogP contribution in [0.1, 0.15) is 21.5 Å². The van der Waals surface area contributed by atoms with E-state index in [1.807, 2.05) is 61.5 Å². The smallest absolute Gasteiger partial charge is 0.412 e. The number of halogens is 1. The van der Waals surface area contributed by atoms with Gasteiger partial charge in [0.15, 0.2) is 0 Å². The van der Waals surface area contributed by atoms with E-state index in [0.29, 0.717) is 8.66 Å². The average molecular weight is 446 g/mol. The zero-order valence-corrected chi connectivity index (χ0v) is 16.8. The minimum atomic E-state index is -1.12. The molecule has 0 saturated carbocycles. The first kappa shape index (κ1) is 19.1. The van der Waals surface area contributed by atoms with Gasteiger partial charge in [-0.3, -0.25) is 5.32 Å². The summed E-state index contributed by atoms with van der Waals surface area (Å²) in [6.45, 7) is 2.06. The number of anilines is 1. The van der Waals surface area contributed by atoms with Crippen LogP contribution in [0.2, 0.25) is 0 Å². The molecular formula is C20H16BrNO4S. The number of thiophene rings is 1. The molecule has 0 atom stereocenters. The zero-order valence-electron chi connectivity index (χ0n) is 14.4. The predicted octanol–water partition coefficient (Wildman–Crippen LogP) is 5.93. The molecule has 0 saturated heterocycles. The Morgan fingerprint density at radius 2 is 1.78 bits per heavy atom. The summed E-state index contributed by atoms with van der Waals surface area (Å²) in [4.78, 5) is 24.6. The van der Waals surface area contributed by atoms with Gasteiger partial charge in [0.1, 0.15) is 12.2 Å². The number of aryl methyl sites for hydroxylation is 1. The number of carboxylic acids is 1. The summed E-state index contributed by atoms with van der Waals surface area (Å²) in [7, 11) is 0. The monoisotopic (exact) mass is 445 g/mol. The first-order chi connectivity index (χ1) is 13.0. The maximum absolute atomic E-state index is 12.2. The fraction of sp³-hybridized carbons (Fsp3) is 0.100. The average Bonchev–Trinajstić information content (AvgIpc) is 2.98. The van der Waals surface area contributed by atoms with Crippen LogP contribution in [-0.2, 0) is 11.3 Å². The van der Waals surface area contributed by atoms with Gasteiger partial charge in [-0.05, 0) is 34.0 Å². The minimum absolute atomic E-state index is 0.0346. The molecule has 0 aliphatic heterocycles. The molecule has 1 aromatic heterocycles. The summed E-state index contributed by atoms with van der Waals surface area (Å²) in [5.74, 6) is -1.12. The molecular weight excluding hydrogens is 430 g/mol. The number of aromatic carboxylic acids is 1. The molecule has 0 radical (unpaired) electrons. The fourth-order valence-electron chi connectivity index (χ4n) is 2.49. The number of rotatable bonds is 5. The Balaban J connectivity index is 1.83. The molecule has 5 nitrogen and oxygen atoms in total. The van der Waals surface area contributed by atoms with E-state index in [1.165, 1.54) is 11.3 Å². The first-order valence-electron chi connectivity index (χ1n) is 8.06. The Morgan fingerprint density at radius 3 is 2.41 bits per heavy atom. The Bertz CT molecular complexity index is 968. The second kappa shape index (κ2) is 8.37. The molecule has 3 aromatic rings. The van der Waals surface area contributed by atoms with Crippen LogP contribution < -0.4 is 5.32 Å². The summed E-state index contributed by atoms with van der Waals surface area (Å²) in [6.07, 6.45) is -0.713. The van der Waals surface area contributed by atoms with Crippen molar-refractivity contribution in [3.8, 4) is 10.4 Å². The van der Waals surface area contributed by atoms with Crippen LogP contribution in [0.25, 0.3) is 10.4 Å². The van der Waals surface area contributed by atoms with E-state index < -0.39 is 12.1 Å². The molecule has 27 heavy (non-hydrogen) atoms. The first-order valence-corrected chi connectivity index (χ1v) is 9.67. The van der Waals surface area contributed by atoms with Gasteiger partial charge >= 0.3 is 12.1 Å². The summed E-state index contributed by atoms with van der Waals surface area (Å²) in [5.41, 5.74) is 2.92. The van der Waals surface area contributed by atoms with Crippen molar-refractivity contribution in [3.63, 3.8) is 0 Å². The Kier molecular flexibility index (Phi) is 5.93. The van der Waals surface area contributed by atoms with E-state index in [4.69, 9.17) is 4.74 Å². The highest BCUT2D eigenvalue weighted by molar-refractivity contribution is 9.11. The number of amides is 1. The SMILES string of the molecule is Cc1ccc(-c2sc(Br)c(NC(=O)OCc3ccccc3)c2C(=O)O)cc1. The lowest BCUT2D eigenvalue weighted by Crippen LogP contribution is -2.15. The van der Waals surface area contributed by atoms with Crippen molar-refractivity contribution < 1.29 is 19.4 Å². The lowest BCUT2D eigenvalue weighted by Gasteiger charge is -2.08. The number of hydrogen-bond acceptors (Lipinski definition) is 4. The quantitative estimate of drug-likeness (QED) is 0.509. The second-order valence-corrected chi connectivity index (χ2v) is 8.15. The molecule has 0 aliphatic rings. The van der Waals surface area contributed by atoms with Gasteiger partial charge in [-0.1, -0.05) is 60.2 Å². The number of carbonyl (C=O) groups excluding carboxylic acids is 1. The van der Waals surface area contributed by atoms with Crippen molar-refractivity contribution in [2.45, 2.75) is 13.5 Å². The van der Waals surface area contributed by atoms with E-state index in [1.54, 1.807) is 0 Å². The van der Waals surface area contributed by atoms with Crippen LogP contribution in [0.15, 0.2) is 58.4 Å². The molecule has 138 valence electrons. The van der Waals surface area contributed by atoms with Gasteiger partial charge in [0.2, 0.25) is 0 Å². The van der Waals surface area contributed by atoms with Crippen LogP contribution >= 0.6 is 27.3 Å². The molecule has 0 bridgehead atoms. The Labute approximate surface area is 168 Å². The molecule has 7 heteroatoms. The molecule has 2 aromatic carbocycles. The lowest BCUT2D eigenvalue weighted by atomic mass is 10.1. The maximum atomic E-state index is 12.2. The molecule has 0 unspecified atom stereocenters. The molecule has 1 heterocycles. The molecule has 0 spiro atoms. The molecule has 3 rings (SSSR count). The number of hydrogen-bond donors (Lipinski definition) is 2. The van der Waals surface area contributed by atoms with Gasteiger partial charge in [-0.2, -0.15) is 0 Å². The summed E-state index contributed by atoms with van der Waals surface area (Å²) in [5, 5.41) is 12.2. The standard InChI is InChI=1S/C20H16BrNO4S/c1-12-7-9-14(10-8-12)17-15(19(23)24)16(18(21)27-17)22-20(25)26-11-13-5-3-2-4-6-13/h2-10H,11H2,1H3,(H,22,25)(H,23,24). The van der Waals surface area contributed by atoms with Crippen LogP contribution in [0.5, 0.6) is 0 Å². The fourth-order valence-corrected chi connectivity index (χ4v) is 4.25. The number of carbonyl (C=O) groups is 2. The molecule has 2 N–H and O–H groups in total. The van der Waals surface area contributed by atoms with E-state index in [9.17, 15) is 14.7 Å². The van der Waals surface area contributed by atoms with Crippen molar-refractivity contribution in [1.29, 1.82) is 0 Å². The van der Waals surface area contributed by atoms with E-state index in [-0.39, 0.29) is 17.9 Å². The van der Waals surface area contributed by atoms with Crippen molar-refractivity contribution in [2.24, 2.45) is 0 Å². The van der Waals surface area contributed by atoms with Crippen molar-refractivity contribution >= 4 is 45.0 Å². The van der Waals surface area contributed by atoms with Crippen molar-refractivity contribution in [3.05, 3.63) is 75.1 Å². The number of ether oxygens (including phenoxy) is 1. The summed E-state index contributed by atoms with van der Waals surface area (Å²) >= 11 is 4.61. The Morgan fingerprint density at radius 1 is 1.11 bits per heavy atom. The van der Waals surface area contributed by atoms with Crippen LogP contribution in [-0.4, -0.2) is 17.2 Å². The lowest BCUT2D eigenvalue weighted by molar-refractivity contribution is 0.0699. The highest BCUT2D eigenvalue weighted by Gasteiger charge is 2.25. The third kappa shape index (κ3) is 4.56. The predicted molar refractivity (Wildman–Crippen MR) is 109 cm³/mol. The molecule has 0 fully saturated rings. The maximum Gasteiger partial charge on any atom is 0.412 e. The second-order valence-electron chi connectivity index (χ2n) is 5.81. The van der Waals surface area contributed by atoms with Gasteiger partial charge in [-0.15, -0.1) is 11.3 Å². The summed E-state index contributed by atoms with van der Waals surface area (Å²) < 4.78 is 5.71. The minimum Gasteiger partial charge on any atom is -0.478 e. The third-order valence-electron chi connectivity index (χ3n) is 3.83. The summed E-state index contributed by atoms with van der Waals surface area (Å²) in [6, 6.07) is 16.8. The topological polar surface area (TPSA) is 75.6 Å². The van der Waals surface area contributed by atoms with E-state index in [0.717, 1.165) is 16.7 Å². The molecule has 1 amide bonds. The normalized spacial score (nSPS) is 10.4. The van der Waals surface area contributed by atoms with Gasteiger partial charge in [0.25, 0.3) is 0 Å². The van der Waals surface area contributed by atoms with Gasteiger partial charge in [-0.25, -0.2) is 9.59 Å². The van der Waals surface area contributed by atoms with Gasteiger partial charge in [0, 0.05) is 0 Å². The van der Waals surface area contributed by atoms with E-state index in [2.05, 4.69) is 21.2 Å². The number of benzene rings is 2. The van der Waals surface area contributed by atoms with Crippen molar-refractivity contribution in [1.82, 2.24) is 0 Å². The Hall–Kier alpha value is -2.64. The highest BCUT2D eigenvalue weighted by Crippen LogP contribution is 2.43. The van der Waals surface area contributed by atoms with E-state index >= 15 is 0 Å². The largest absolute Gasteiger partial charge is 0.478 e. The molecule has 0 aliphatic carbocycles. The van der Waals surface area contributed by atoms with Crippen LogP contribution in [0.4, 0.5) is 10.5 Å². The number of carboxylic acid groups (broad SMARTS) is 1. The van der Waals surface area contributed by atoms with Gasteiger partial charge in [0.05, 0.1) is 14.4 Å². The van der Waals surface area contributed by atoms with Crippen LogP contribution in [0, 0.1) is 6.92 Å².